The fourth-order valence-corrected chi connectivity index (χ4v) is 3.41. The number of aromatic amines is 1. The van der Waals surface area contributed by atoms with E-state index in [0.29, 0.717) is 22.8 Å². The highest BCUT2D eigenvalue weighted by atomic mass is 16.5. The highest BCUT2D eigenvalue weighted by molar-refractivity contribution is 6.04. The molecule has 3 rings (SSSR count). The van der Waals surface area contributed by atoms with Crippen LogP contribution in [0.4, 0.5) is 11.5 Å². The summed E-state index contributed by atoms with van der Waals surface area (Å²) in [6, 6.07) is 12.5. The number of ether oxygens (including phenoxy) is 3. The van der Waals surface area contributed by atoms with Gasteiger partial charge < -0.3 is 24.8 Å². The van der Waals surface area contributed by atoms with Gasteiger partial charge in [-0.25, -0.2) is 4.79 Å². The summed E-state index contributed by atoms with van der Waals surface area (Å²) < 4.78 is 17.1. The molecule has 2 aromatic carbocycles. The number of aromatic nitrogens is 2. The van der Waals surface area contributed by atoms with E-state index in [-0.39, 0.29) is 18.1 Å². The molecule has 3 aromatic rings. The van der Waals surface area contributed by atoms with Gasteiger partial charge in [0.15, 0.2) is 17.2 Å². The van der Waals surface area contributed by atoms with Crippen molar-refractivity contribution >= 4 is 23.5 Å². The number of benzene rings is 2. The maximum atomic E-state index is 12.9. The Kier molecular flexibility index (Phi) is 7.42. The first kappa shape index (κ1) is 24.2. The predicted octanol–water partition coefficient (Wildman–Crippen LogP) is 1.87. The number of carbonyl (C=O) groups excluding carboxylic acids is 1. The molecule has 1 aromatic heterocycles. The van der Waals surface area contributed by atoms with E-state index in [9.17, 15) is 14.4 Å². The van der Waals surface area contributed by atoms with Gasteiger partial charge >= 0.3 is 5.69 Å². The topological polar surface area (TPSA) is 129 Å². The van der Waals surface area contributed by atoms with E-state index < -0.39 is 17.2 Å². The van der Waals surface area contributed by atoms with Crippen molar-refractivity contribution in [1.29, 1.82) is 0 Å². The van der Waals surface area contributed by atoms with Crippen LogP contribution in [0.3, 0.4) is 0 Å². The SMILES string of the molecule is COc1cc(C=CC(=O)N(C)c2c(N)n(Cc3ccccc3)c(=O)[nH]c2=O)cc(OC)c1OC. The number of anilines is 2. The number of nitrogens with zero attached hydrogens (tertiary/aromatic N) is 2. The van der Waals surface area contributed by atoms with Gasteiger partial charge in [-0.05, 0) is 29.3 Å². The molecule has 0 bridgehead atoms. The van der Waals surface area contributed by atoms with Gasteiger partial charge in [-0.2, -0.15) is 0 Å². The van der Waals surface area contributed by atoms with Crippen LogP contribution >= 0.6 is 0 Å². The third kappa shape index (κ3) is 4.96. The van der Waals surface area contributed by atoms with Crippen LogP contribution in [0.25, 0.3) is 6.08 Å². The van der Waals surface area contributed by atoms with E-state index in [1.165, 1.54) is 45.1 Å². The van der Waals surface area contributed by atoms with E-state index in [4.69, 9.17) is 19.9 Å². The summed E-state index contributed by atoms with van der Waals surface area (Å²) >= 11 is 0. The highest BCUT2D eigenvalue weighted by Crippen LogP contribution is 2.38. The summed E-state index contributed by atoms with van der Waals surface area (Å²) in [6.45, 7) is 0.137. The maximum Gasteiger partial charge on any atom is 0.330 e. The summed E-state index contributed by atoms with van der Waals surface area (Å²) in [5, 5.41) is 0. The number of carbonyl (C=O) groups is 1. The highest BCUT2D eigenvalue weighted by Gasteiger charge is 2.20. The average molecular weight is 466 g/mol. The minimum Gasteiger partial charge on any atom is -0.493 e. The van der Waals surface area contributed by atoms with Crippen molar-refractivity contribution in [2.24, 2.45) is 0 Å². The van der Waals surface area contributed by atoms with Crippen molar-refractivity contribution in [1.82, 2.24) is 9.55 Å². The van der Waals surface area contributed by atoms with E-state index in [1.54, 1.807) is 12.1 Å². The van der Waals surface area contributed by atoms with E-state index >= 15 is 0 Å². The number of nitrogens with two attached hydrogens (primary N) is 1. The molecular weight excluding hydrogens is 440 g/mol. The van der Waals surface area contributed by atoms with Gasteiger partial charge in [0.25, 0.3) is 11.5 Å². The third-order valence-electron chi connectivity index (χ3n) is 5.17. The zero-order valence-corrected chi connectivity index (χ0v) is 19.3. The molecule has 0 aliphatic heterocycles. The van der Waals surface area contributed by atoms with Gasteiger partial charge in [0.05, 0.1) is 27.9 Å². The van der Waals surface area contributed by atoms with Crippen molar-refractivity contribution in [3.05, 3.63) is 80.5 Å². The number of nitrogen functional groups attached to an aromatic ring is 1. The van der Waals surface area contributed by atoms with E-state index in [2.05, 4.69) is 4.98 Å². The lowest BCUT2D eigenvalue weighted by Gasteiger charge is -2.19. The molecule has 0 saturated carbocycles. The summed E-state index contributed by atoms with van der Waals surface area (Å²) in [5.41, 5.74) is 6.03. The van der Waals surface area contributed by atoms with Crippen LogP contribution in [0.2, 0.25) is 0 Å². The third-order valence-corrected chi connectivity index (χ3v) is 5.17. The van der Waals surface area contributed by atoms with E-state index in [0.717, 1.165) is 10.5 Å². The molecule has 178 valence electrons. The molecular formula is C24H26N4O6. The number of H-pyrrole nitrogens is 1. The molecule has 3 N–H and O–H groups in total. The van der Waals surface area contributed by atoms with Gasteiger partial charge in [0.1, 0.15) is 5.82 Å². The Morgan fingerprint density at radius 2 is 1.68 bits per heavy atom. The van der Waals surface area contributed by atoms with Crippen LogP contribution in [0.15, 0.2) is 58.1 Å². The van der Waals surface area contributed by atoms with Crippen LogP contribution < -0.4 is 36.1 Å². The molecule has 10 heteroatoms. The predicted molar refractivity (Wildman–Crippen MR) is 130 cm³/mol. The second-order valence-corrected chi connectivity index (χ2v) is 7.25. The summed E-state index contributed by atoms with van der Waals surface area (Å²) in [6.07, 6.45) is 2.81. The Balaban J connectivity index is 1.93. The number of hydrogen-bond donors (Lipinski definition) is 2. The number of amides is 1. The lowest BCUT2D eigenvalue weighted by Crippen LogP contribution is -2.39. The largest absolute Gasteiger partial charge is 0.493 e. The fraction of sp³-hybridized carbons (Fsp3) is 0.208. The minimum absolute atomic E-state index is 0.116. The van der Waals surface area contributed by atoms with Crippen molar-refractivity contribution in [3.8, 4) is 17.2 Å². The molecule has 0 saturated heterocycles. The number of likely N-dealkylation sites (N-methyl/N-ethyl adjacent to an activating group) is 1. The number of methoxy groups -OCH3 is 3. The van der Waals surface area contributed by atoms with Crippen molar-refractivity contribution in [2.45, 2.75) is 6.54 Å². The van der Waals surface area contributed by atoms with Crippen molar-refractivity contribution < 1.29 is 19.0 Å². The molecule has 34 heavy (non-hydrogen) atoms. The maximum absolute atomic E-state index is 12.9. The summed E-state index contributed by atoms with van der Waals surface area (Å²) in [4.78, 5) is 41.1. The smallest absolute Gasteiger partial charge is 0.330 e. The molecule has 1 heterocycles. The van der Waals surface area contributed by atoms with Crippen LogP contribution in [-0.4, -0.2) is 43.8 Å². The standard InChI is InChI=1S/C24H26N4O6/c1-27(19(29)11-10-16-12-17(32-2)21(34-4)18(13-16)33-3)20-22(25)28(24(31)26-23(20)30)14-15-8-6-5-7-9-15/h5-13H,14,25H2,1-4H3,(H,26,30,31). The Labute approximate surface area is 195 Å². The molecule has 0 atom stereocenters. The first-order valence-electron chi connectivity index (χ1n) is 10.2. The zero-order valence-electron chi connectivity index (χ0n) is 19.3. The van der Waals surface area contributed by atoms with Crippen molar-refractivity contribution in [3.63, 3.8) is 0 Å². The van der Waals surface area contributed by atoms with Crippen LogP contribution in [0.5, 0.6) is 17.2 Å². The molecule has 1 amide bonds. The van der Waals surface area contributed by atoms with E-state index in [1.807, 2.05) is 30.3 Å². The van der Waals surface area contributed by atoms with Crippen LogP contribution in [0.1, 0.15) is 11.1 Å². The minimum atomic E-state index is -0.760. The van der Waals surface area contributed by atoms with Gasteiger partial charge in [-0.3, -0.25) is 19.1 Å². The summed E-state index contributed by atoms with van der Waals surface area (Å²) in [5.74, 6) is 0.628. The van der Waals surface area contributed by atoms with Gasteiger partial charge in [0, 0.05) is 13.1 Å². The normalized spacial score (nSPS) is 10.8. The summed E-state index contributed by atoms with van der Waals surface area (Å²) in [7, 11) is 5.87. The second-order valence-electron chi connectivity index (χ2n) is 7.25. The van der Waals surface area contributed by atoms with Crippen LogP contribution in [0, 0.1) is 0 Å². The lowest BCUT2D eigenvalue weighted by atomic mass is 10.1. The monoisotopic (exact) mass is 466 g/mol. The van der Waals surface area contributed by atoms with Gasteiger partial charge in [-0.15, -0.1) is 0 Å². The molecule has 0 aliphatic carbocycles. The second kappa shape index (κ2) is 10.4. The Morgan fingerprint density at radius 3 is 2.24 bits per heavy atom. The average Bonchev–Trinajstić information content (AvgIpc) is 2.84. The number of nitrogens with one attached hydrogen (secondary N) is 1. The zero-order chi connectivity index (χ0) is 24.8. The fourth-order valence-electron chi connectivity index (χ4n) is 3.41. The first-order chi connectivity index (χ1) is 16.3. The van der Waals surface area contributed by atoms with Gasteiger partial charge in [0.2, 0.25) is 5.75 Å². The molecule has 0 radical (unpaired) electrons. The Hall–Kier alpha value is -4.47. The van der Waals surface area contributed by atoms with Crippen LogP contribution in [-0.2, 0) is 11.3 Å². The molecule has 0 spiro atoms. The quantitative estimate of drug-likeness (QED) is 0.485. The van der Waals surface area contributed by atoms with Gasteiger partial charge in [-0.1, -0.05) is 30.3 Å². The van der Waals surface area contributed by atoms with Crippen molar-refractivity contribution in [2.75, 3.05) is 39.0 Å². The lowest BCUT2D eigenvalue weighted by molar-refractivity contribution is -0.113. The number of rotatable bonds is 8. The Morgan fingerprint density at radius 1 is 1.06 bits per heavy atom. The molecule has 0 unspecified atom stereocenters. The molecule has 0 aliphatic rings. The Bertz CT molecular complexity index is 1300. The molecule has 0 fully saturated rings. The first-order valence-corrected chi connectivity index (χ1v) is 10.2. The number of hydrogen-bond acceptors (Lipinski definition) is 7. The molecule has 10 nitrogen and oxygen atoms in total.